The highest BCUT2D eigenvalue weighted by Gasteiger charge is 2.49. The number of carbonyl (C=O) groups excluding carboxylic acids is 2. The second kappa shape index (κ2) is 8.63. The van der Waals surface area contributed by atoms with Gasteiger partial charge >= 0.3 is 5.91 Å². The Morgan fingerprint density at radius 1 is 1.09 bits per heavy atom. The molecule has 176 valence electrons. The number of para-hydroxylation sites is 1. The molecule has 6 nitrogen and oxygen atoms in total. The maximum absolute atomic E-state index is 13.5. The minimum absolute atomic E-state index is 0.113. The maximum atomic E-state index is 13.5. The number of amides is 1. The number of aromatic nitrogens is 1. The van der Waals surface area contributed by atoms with Crippen LogP contribution in [0.25, 0.3) is 16.0 Å². The van der Waals surface area contributed by atoms with Crippen LogP contribution < -0.4 is 9.64 Å². The zero-order valence-electron chi connectivity index (χ0n) is 19.2. The summed E-state index contributed by atoms with van der Waals surface area (Å²) in [5.41, 5.74) is 3.39. The van der Waals surface area contributed by atoms with E-state index in [9.17, 15) is 19.1 Å². The number of nitrogens with zero attached hydrogens (tertiary/aromatic N) is 2. The monoisotopic (exact) mass is 488 g/mol. The first-order valence-electron chi connectivity index (χ1n) is 10.9. The van der Waals surface area contributed by atoms with Crippen LogP contribution in [0.15, 0.2) is 66.2 Å². The Morgan fingerprint density at radius 3 is 2.51 bits per heavy atom. The number of hydrogen-bond acceptors (Lipinski definition) is 6. The molecule has 4 aromatic rings. The molecule has 0 aliphatic carbocycles. The van der Waals surface area contributed by atoms with Crippen LogP contribution in [0.1, 0.15) is 28.3 Å². The topological polar surface area (TPSA) is 79.7 Å². The van der Waals surface area contributed by atoms with Gasteiger partial charge in [0.05, 0.1) is 22.9 Å². The first kappa shape index (κ1) is 22.7. The van der Waals surface area contributed by atoms with Crippen LogP contribution in [-0.2, 0) is 9.59 Å². The van der Waals surface area contributed by atoms with Gasteiger partial charge in [0.15, 0.2) is 5.13 Å². The van der Waals surface area contributed by atoms with Crippen LogP contribution in [-0.4, -0.2) is 28.9 Å². The Hall–Kier alpha value is -4.04. The summed E-state index contributed by atoms with van der Waals surface area (Å²) in [6.45, 7) is 3.93. The highest BCUT2D eigenvalue weighted by Crippen LogP contribution is 2.46. The van der Waals surface area contributed by atoms with E-state index in [1.807, 2.05) is 26.0 Å². The van der Waals surface area contributed by atoms with E-state index in [1.54, 1.807) is 24.3 Å². The number of carbonyl (C=O) groups is 2. The largest absolute Gasteiger partial charge is 0.507 e. The number of thiazole rings is 1. The van der Waals surface area contributed by atoms with Crippen molar-refractivity contribution in [2.24, 2.45) is 0 Å². The average molecular weight is 489 g/mol. The van der Waals surface area contributed by atoms with E-state index in [1.165, 1.54) is 47.6 Å². The summed E-state index contributed by atoms with van der Waals surface area (Å²) in [4.78, 5) is 32.8. The normalized spacial score (nSPS) is 17.4. The number of aryl methyl sites for hydroxylation is 2. The molecule has 8 heteroatoms. The van der Waals surface area contributed by atoms with Crippen LogP contribution in [0, 0.1) is 19.7 Å². The molecular weight excluding hydrogens is 467 g/mol. The molecule has 0 bridgehead atoms. The van der Waals surface area contributed by atoms with Gasteiger partial charge in [0.1, 0.15) is 23.4 Å². The van der Waals surface area contributed by atoms with Gasteiger partial charge < -0.3 is 9.84 Å². The number of hydrogen-bond donors (Lipinski definition) is 1. The number of methoxy groups -OCH3 is 1. The van der Waals surface area contributed by atoms with Gasteiger partial charge in [-0.05, 0) is 61.4 Å². The molecule has 5 rings (SSSR count). The number of halogens is 1. The number of fused-ring (bicyclic) bond motifs is 1. The van der Waals surface area contributed by atoms with Crippen molar-refractivity contribution >= 4 is 44.1 Å². The lowest BCUT2D eigenvalue weighted by molar-refractivity contribution is -0.132. The zero-order chi connectivity index (χ0) is 24.9. The van der Waals surface area contributed by atoms with E-state index in [4.69, 9.17) is 9.72 Å². The Bertz CT molecular complexity index is 1520. The molecule has 1 aliphatic heterocycles. The third-order valence-electron chi connectivity index (χ3n) is 6.02. The molecule has 0 unspecified atom stereocenters. The number of ketones is 1. The third kappa shape index (κ3) is 3.76. The Balaban J connectivity index is 1.77. The smallest absolute Gasteiger partial charge is 0.301 e. The summed E-state index contributed by atoms with van der Waals surface area (Å²) in [5, 5.41) is 11.5. The molecule has 1 amide bonds. The van der Waals surface area contributed by atoms with Crippen molar-refractivity contribution in [1.29, 1.82) is 0 Å². The van der Waals surface area contributed by atoms with Gasteiger partial charge in [-0.15, -0.1) is 0 Å². The molecule has 1 fully saturated rings. The number of Topliss-reactive ketones (excluding diaryl/α,β-unsaturated/α-hetero) is 1. The lowest BCUT2D eigenvalue weighted by atomic mass is 9.94. The van der Waals surface area contributed by atoms with Crippen molar-refractivity contribution < 1.29 is 23.8 Å². The average Bonchev–Trinajstić information content (AvgIpc) is 3.37. The second-order valence-electron chi connectivity index (χ2n) is 8.34. The molecule has 35 heavy (non-hydrogen) atoms. The van der Waals surface area contributed by atoms with Crippen LogP contribution in [0.2, 0.25) is 0 Å². The van der Waals surface area contributed by atoms with Crippen molar-refractivity contribution in [1.82, 2.24) is 4.98 Å². The Kier molecular flexibility index (Phi) is 5.61. The number of anilines is 1. The fourth-order valence-electron chi connectivity index (χ4n) is 4.44. The zero-order valence-corrected chi connectivity index (χ0v) is 20.0. The molecule has 0 radical (unpaired) electrons. The number of ether oxygens (including phenoxy) is 1. The first-order chi connectivity index (χ1) is 16.8. The van der Waals surface area contributed by atoms with Crippen LogP contribution in [0.3, 0.4) is 0 Å². The first-order valence-corrected chi connectivity index (χ1v) is 11.7. The van der Waals surface area contributed by atoms with E-state index in [2.05, 4.69) is 0 Å². The lowest BCUT2D eigenvalue weighted by Crippen LogP contribution is -2.29. The van der Waals surface area contributed by atoms with Gasteiger partial charge in [-0.1, -0.05) is 35.6 Å². The highest BCUT2D eigenvalue weighted by atomic mass is 32.1. The molecule has 3 aromatic carbocycles. The quantitative estimate of drug-likeness (QED) is 0.227. The number of benzene rings is 3. The van der Waals surface area contributed by atoms with Crippen molar-refractivity contribution in [3.8, 4) is 5.75 Å². The molecular formula is C27H21FN2O4S. The second-order valence-corrected chi connectivity index (χ2v) is 9.35. The van der Waals surface area contributed by atoms with Crippen LogP contribution in [0.4, 0.5) is 9.52 Å². The summed E-state index contributed by atoms with van der Waals surface area (Å²) < 4.78 is 19.9. The number of aliphatic hydroxyl groups excluding tert-OH is 1. The highest BCUT2D eigenvalue weighted by molar-refractivity contribution is 7.22. The van der Waals surface area contributed by atoms with E-state index in [-0.39, 0.29) is 11.1 Å². The molecule has 1 aliphatic rings. The molecule has 0 saturated carbocycles. The minimum Gasteiger partial charge on any atom is -0.507 e. The van der Waals surface area contributed by atoms with E-state index < -0.39 is 29.3 Å². The third-order valence-corrected chi connectivity index (χ3v) is 7.02. The van der Waals surface area contributed by atoms with Gasteiger partial charge in [-0.25, -0.2) is 9.37 Å². The Morgan fingerprint density at radius 2 is 1.80 bits per heavy atom. The van der Waals surface area contributed by atoms with Gasteiger partial charge in [-0.3, -0.25) is 14.5 Å². The van der Waals surface area contributed by atoms with Crippen molar-refractivity contribution in [2.45, 2.75) is 19.9 Å². The van der Waals surface area contributed by atoms with Gasteiger partial charge in [0.2, 0.25) is 0 Å². The summed E-state index contributed by atoms with van der Waals surface area (Å²) in [6, 6.07) is 15.1. The fourth-order valence-corrected chi connectivity index (χ4v) is 5.61. The van der Waals surface area contributed by atoms with E-state index in [0.717, 1.165) is 21.3 Å². The van der Waals surface area contributed by atoms with Crippen LogP contribution >= 0.6 is 11.3 Å². The van der Waals surface area contributed by atoms with E-state index >= 15 is 0 Å². The van der Waals surface area contributed by atoms with Crippen molar-refractivity contribution in [2.75, 3.05) is 12.0 Å². The number of rotatable bonds is 4. The van der Waals surface area contributed by atoms with Crippen LogP contribution in [0.5, 0.6) is 5.75 Å². The molecule has 1 saturated heterocycles. The summed E-state index contributed by atoms with van der Waals surface area (Å²) in [6.07, 6.45) is 0. The van der Waals surface area contributed by atoms with Crippen molar-refractivity contribution in [3.63, 3.8) is 0 Å². The summed E-state index contributed by atoms with van der Waals surface area (Å²) >= 11 is 1.30. The van der Waals surface area contributed by atoms with E-state index in [0.29, 0.717) is 16.4 Å². The number of aliphatic hydroxyl groups is 1. The SMILES string of the molecule is COc1ccccc1[C@H]1/C(=C(\O)c2ccc(F)cc2)C(=O)C(=O)N1c1nc2c(C)cc(C)cc2s1. The molecule has 0 spiro atoms. The standard InChI is InChI=1S/C27H21FN2O4S/c1-14-12-15(2)22-20(13-14)35-27(29-22)30-23(18-6-4-5-7-19(18)34-3)21(25(32)26(30)33)24(31)16-8-10-17(28)11-9-16/h4-13,23,31H,1-3H3/b24-21+/t23-/m0/s1. The fraction of sp³-hybridized carbons (Fsp3) is 0.148. The summed E-state index contributed by atoms with van der Waals surface area (Å²) in [5.74, 6) is -2.09. The minimum atomic E-state index is -0.988. The van der Waals surface area contributed by atoms with Gasteiger partial charge in [0, 0.05) is 11.1 Å². The lowest BCUT2D eigenvalue weighted by Gasteiger charge is -2.24. The van der Waals surface area contributed by atoms with Gasteiger partial charge in [0.25, 0.3) is 5.78 Å². The summed E-state index contributed by atoms with van der Waals surface area (Å²) in [7, 11) is 1.49. The van der Waals surface area contributed by atoms with Gasteiger partial charge in [-0.2, -0.15) is 0 Å². The predicted octanol–water partition coefficient (Wildman–Crippen LogP) is 5.69. The maximum Gasteiger partial charge on any atom is 0.301 e. The molecule has 2 heterocycles. The van der Waals surface area contributed by atoms with Crippen molar-refractivity contribution in [3.05, 3.63) is 94.3 Å². The molecule has 1 N–H and O–H groups in total. The Labute approximate surface area is 204 Å². The molecule has 1 atom stereocenters. The molecule has 1 aromatic heterocycles. The predicted molar refractivity (Wildman–Crippen MR) is 133 cm³/mol.